The van der Waals surface area contributed by atoms with Crippen molar-refractivity contribution in [2.45, 2.75) is 78.9 Å². The molecule has 7 heteroatoms. The number of piperidine rings is 1. The van der Waals surface area contributed by atoms with Gasteiger partial charge in [0.15, 0.2) is 0 Å². The van der Waals surface area contributed by atoms with Gasteiger partial charge in [0.1, 0.15) is 5.60 Å². The van der Waals surface area contributed by atoms with E-state index in [0.717, 1.165) is 62.7 Å². The zero-order valence-electron chi connectivity index (χ0n) is 22.4. The minimum absolute atomic E-state index is 0.207. The third-order valence-corrected chi connectivity index (χ3v) is 7.88. The van der Waals surface area contributed by atoms with Crippen LogP contribution in [0.2, 0.25) is 0 Å². The van der Waals surface area contributed by atoms with E-state index in [0.29, 0.717) is 6.47 Å². The molecule has 35 heavy (non-hydrogen) atoms. The first kappa shape index (κ1) is 27.6. The Kier molecular flexibility index (Phi) is 9.70. The van der Waals surface area contributed by atoms with Crippen LogP contribution in [0.3, 0.4) is 0 Å². The highest BCUT2D eigenvalue weighted by molar-refractivity contribution is 7.98. The number of ether oxygens (including phenoxy) is 1. The highest BCUT2D eigenvalue weighted by atomic mass is 32.2. The third-order valence-electron chi connectivity index (χ3n) is 6.73. The topological polar surface area (TPSA) is 54.8 Å². The van der Waals surface area contributed by atoms with Gasteiger partial charge < -0.3 is 14.5 Å². The number of amides is 1. The molecule has 2 aliphatic heterocycles. The predicted octanol–water partition coefficient (Wildman–Crippen LogP) is 5.76. The van der Waals surface area contributed by atoms with Gasteiger partial charge in [-0.2, -0.15) is 0 Å². The number of fused-ring (bicyclic) bond motifs is 3. The van der Waals surface area contributed by atoms with E-state index in [4.69, 9.17) is 0 Å². The standard InChI is InChI=1S/C23H33N3OS.C5H10O2/c1-4-5-14-28-26-21-7-6-18(23(27)25-12-8-17(2)9-13-25)15-19(21)20-16-24(3)11-10-22(20)26;1-5(2,3)7-4-6/h6-7,15,17H,4-5,8-14,16H2,1-3H3;4H,1-3H3. The van der Waals surface area contributed by atoms with Crippen LogP contribution in [0.5, 0.6) is 0 Å². The number of likely N-dealkylation sites (tertiary alicyclic amines) is 1. The number of aromatic nitrogens is 1. The van der Waals surface area contributed by atoms with E-state index >= 15 is 0 Å². The molecule has 194 valence electrons. The number of likely N-dealkylation sites (N-methyl/N-ethyl adjacent to an activating group) is 1. The fourth-order valence-electron chi connectivity index (χ4n) is 4.57. The predicted molar refractivity (Wildman–Crippen MR) is 146 cm³/mol. The second-order valence-corrected chi connectivity index (χ2v) is 12.0. The van der Waals surface area contributed by atoms with Crippen molar-refractivity contribution in [2.24, 2.45) is 5.92 Å². The van der Waals surface area contributed by atoms with Gasteiger partial charge in [-0.3, -0.25) is 13.6 Å². The lowest BCUT2D eigenvalue weighted by atomic mass is 9.98. The molecule has 2 aliphatic rings. The normalized spacial score (nSPS) is 17.0. The van der Waals surface area contributed by atoms with E-state index in [-0.39, 0.29) is 11.5 Å². The fourth-order valence-corrected chi connectivity index (χ4v) is 5.83. The summed E-state index contributed by atoms with van der Waals surface area (Å²) in [6.07, 6.45) is 5.80. The number of hydrogen-bond acceptors (Lipinski definition) is 5. The first-order valence-corrected chi connectivity index (χ1v) is 14.0. The van der Waals surface area contributed by atoms with E-state index in [1.165, 1.54) is 35.0 Å². The molecular formula is C28H43N3O3S. The molecule has 1 amide bonds. The van der Waals surface area contributed by atoms with Gasteiger partial charge in [-0.25, -0.2) is 0 Å². The second kappa shape index (κ2) is 12.3. The van der Waals surface area contributed by atoms with E-state index < -0.39 is 0 Å². The molecule has 1 saturated heterocycles. The average Bonchev–Trinajstić information content (AvgIpc) is 3.11. The van der Waals surface area contributed by atoms with Crippen molar-refractivity contribution in [3.05, 3.63) is 35.0 Å². The summed E-state index contributed by atoms with van der Waals surface area (Å²) in [7, 11) is 2.19. The quantitative estimate of drug-likeness (QED) is 0.372. The molecule has 0 aliphatic carbocycles. The van der Waals surface area contributed by atoms with Gasteiger partial charge in [-0.15, -0.1) is 0 Å². The number of nitrogens with zero attached hydrogens (tertiary/aromatic N) is 3. The number of rotatable bonds is 6. The summed E-state index contributed by atoms with van der Waals surface area (Å²) in [5.74, 6) is 2.09. The number of benzene rings is 1. The largest absolute Gasteiger partial charge is 0.462 e. The van der Waals surface area contributed by atoms with Crippen molar-refractivity contribution in [3.8, 4) is 0 Å². The van der Waals surface area contributed by atoms with Crippen molar-refractivity contribution >= 4 is 35.2 Å². The SMILES string of the molecule is CC(C)(C)OC=O.CCCCSn1c2c(c3cc(C(=O)N4CCC(C)CC4)ccc31)CN(C)CC2. The highest BCUT2D eigenvalue weighted by Crippen LogP contribution is 2.35. The Morgan fingerprint density at radius 1 is 1.20 bits per heavy atom. The lowest BCUT2D eigenvalue weighted by Gasteiger charge is -2.30. The van der Waals surface area contributed by atoms with Gasteiger partial charge in [0.25, 0.3) is 12.4 Å². The van der Waals surface area contributed by atoms with E-state index in [2.05, 4.69) is 52.7 Å². The van der Waals surface area contributed by atoms with Gasteiger partial charge in [0, 0.05) is 55.0 Å². The summed E-state index contributed by atoms with van der Waals surface area (Å²) in [4.78, 5) is 27.1. The molecule has 6 nitrogen and oxygen atoms in total. The zero-order valence-corrected chi connectivity index (χ0v) is 23.2. The molecule has 1 aromatic heterocycles. The third kappa shape index (κ3) is 7.26. The molecule has 2 aromatic rings. The van der Waals surface area contributed by atoms with Crippen molar-refractivity contribution in [1.82, 2.24) is 13.8 Å². The van der Waals surface area contributed by atoms with Crippen LogP contribution in [0.25, 0.3) is 10.9 Å². The summed E-state index contributed by atoms with van der Waals surface area (Å²) in [6.45, 7) is 14.3. The Balaban J connectivity index is 0.000000429. The average molecular weight is 502 g/mol. The lowest BCUT2D eigenvalue weighted by molar-refractivity contribution is -0.138. The van der Waals surface area contributed by atoms with Crippen LogP contribution < -0.4 is 0 Å². The summed E-state index contributed by atoms with van der Waals surface area (Å²) >= 11 is 1.94. The monoisotopic (exact) mass is 501 g/mol. The second-order valence-electron chi connectivity index (χ2n) is 10.9. The van der Waals surface area contributed by atoms with E-state index in [1.54, 1.807) is 0 Å². The first-order valence-electron chi connectivity index (χ1n) is 13.0. The number of unbranched alkanes of at least 4 members (excludes halogenated alkanes) is 1. The molecule has 1 fully saturated rings. The maximum Gasteiger partial charge on any atom is 0.293 e. The summed E-state index contributed by atoms with van der Waals surface area (Å²) < 4.78 is 7.01. The van der Waals surface area contributed by atoms with Crippen LogP contribution in [-0.2, 0) is 22.5 Å². The van der Waals surface area contributed by atoms with Gasteiger partial charge in [0.05, 0.1) is 5.52 Å². The minimum atomic E-state index is -0.318. The molecule has 4 rings (SSSR count). The summed E-state index contributed by atoms with van der Waals surface area (Å²) in [5.41, 5.74) is 4.71. The van der Waals surface area contributed by atoms with Gasteiger partial charge in [0.2, 0.25) is 0 Å². The zero-order chi connectivity index (χ0) is 25.6. The Morgan fingerprint density at radius 3 is 2.51 bits per heavy atom. The minimum Gasteiger partial charge on any atom is -0.462 e. The number of carbonyl (C=O) groups is 2. The molecule has 1 aromatic carbocycles. The number of hydrogen-bond donors (Lipinski definition) is 0. The molecule has 0 bridgehead atoms. The Bertz CT molecular complexity index is 1000. The number of carbonyl (C=O) groups excluding carboxylic acids is 2. The van der Waals surface area contributed by atoms with Gasteiger partial charge in [-0.05, 0) is 88.7 Å². The highest BCUT2D eigenvalue weighted by Gasteiger charge is 2.25. The van der Waals surface area contributed by atoms with Crippen LogP contribution >= 0.6 is 11.9 Å². The Hall–Kier alpha value is -1.99. The Labute approximate surface area is 215 Å². The maximum absolute atomic E-state index is 13.1. The fraction of sp³-hybridized carbons (Fsp3) is 0.643. The summed E-state index contributed by atoms with van der Waals surface area (Å²) in [5, 5.41) is 1.28. The van der Waals surface area contributed by atoms with Crippen molar-refractivity contribution in [1.29, 1.82) is 0 Å². The molecule has 0 atom stereocenters. The Morgan fingerprint density at radius 2 is 1.91 bits per heavy atom. The lowest BCUT2D eigenvalue weighted by Crippen LogP contribution is -2.37. The van der Waals surface area contributed by atoms with Crippen LogP contribution in [-0.4, -0.2) is 64.2 Å². The maximum atomic E-state index is 13.1. The van der Waals surface area contributed by atoms with E-state index in [1.807, 2.05) is 37.6 Å². The van der Waals surface area contributed by atoms with Crippen LogP contribution in [0, 0.1) is 5.92 Å². The van der Waals surface area contributed by atoms with Gasteiger partial charge >= 0.3 is 0 Å². The summed E-state index contributed by atoms with van der Waals surface area (Å²) in [6, 6.07) is 6.41. The van der Waals surface area contributed by atoms with Gasteiger partial charge in [-0.1, -0.05) is 20.3 Å². The van der Waals surface area contributed by atoms with Crippen LogP contribution in [0.1, 0.15) is 81.9 Å². The smallest absolute Gasteiger partial charge is 0.293 e. The van der Waals surface area contributed by atoms with Crippen molar-refractivity contribution < 1.29 is 14.3 Å². The first-order chi connectivity index (χ1) is 16.6. The molecule has 0 saturated carbocycles. The molecule has 3 heterocycles. The molecule has 0 spiro atoms. The molecule has 0 N–H and O–H groups in total. The van der Waals surface area contributed by atoms with Crippen molar-refractivity contribution in [3.63, 3.8) is 0 Å². The van der Waals surface area contributed by atoms with Crippen LogP contribution in [0.15, 0.2) is 18.2 Å². The molecular weight excluding hydrogens is 458 g/mol. The molecule has 0 unspecified atom stereocenters. The molecule has 0 radical (unpaired) electrons. The van der Waals surface area contributed by atoms with Crippen molar-refractivity contribution in [2.75, 3.05) is 32.4 Å². The van der Waals surface area contributed by atoms with E-state index in [9.17, 15) is 9.59 Å². The van der Waals surface area contributed by atoms with Crippen LogP contribution in [0.4, 0.5) is 0 Å².